The highest BCUT2D eigenvalue weighted by Gasteiger charge is 1.59. The van der Waals surface area contributed by atoms with E-state index in [-0.39, 0.29) is 0 Å². The van der Waals surface area contributed by atoms with Gasteiger partial charge in [-0.05, 0) is 6.92 Å². The van der Waals surface area contributed by atoms with Crippen LogP contribution in [-0.4, -0.2) is 0 Å². The van der Waals surface area contributed by atoms with Gasteiger partial charge in [-0.15, -0.1) is 0 Å². The molecule has 11 heavy (non-hydrogen) atoms. The summed E-state index contributed by atoms with van der Waals surface area (Å²) in [5.41, 5.74) is 1.02. The Kier molecular flexibility index (Phi) is 12.9. The monoisotopic (exact) mass is 148 g/mol. The summed E-state index contributed by atoms with van der Waals surface area (Å²) in [5, 5.41) is 0. The third kappa shape index (κ3) is 28.5. The topological polar surface area (TPSA) is 0 Å². The van der Waals surface area contributed by atoms with Gasteiger partial charge in [0.2, 0.25) is 0 Å². The fraction of sp³-hybridized carbons (Fsp3) is 0.0909. The maximum Gasteiger partial charge on any atom is -0.0404 e. The smallest absolute Gasteiger partial charge is 0.0404 e. The van der Waals surface area contributed by atoms with Gasteiger partial charge in [0.15, 0.2) is 0 Å². The second-order valence-electron chi connectivity index (χ2n) is 1.91. The minimum absolute atomic E-state index is 1.02. The van der Waals surface area contributed by atoms with Gasteiger partial charge in [-0.25, -0.2) is 0 Å². The van der Waals surface area contributed by atoms with E-state index < -0.39 is 0 Å². The summed E-state index contributed by atoms with van der Waals surface area (Å²) >= 11 is 0. The van der Waals surface area contributed by atoms with Crippen LogP contribution < -0.4 is 0 Å². The Labute approximate surface area is 69.9 Å². The van der Waals surface area contributed by atoms with Crippen molar-refractivity contribution in [2.45, 2.75) is 6.92 Å². The molecule has 0 atom stereocenters. The van der Waals surface area contributed by atoms with Crippen molar-refractivity contribution in [3.63, 3.8) is 0 Å². The number of hydrogen-bond acceptors (Lipinski definition) is 0. The van der Waals surface area contributed by atoms with Crippen LogP contribution in [-0.2, 0) is 0 Å². The summed E-state index contributed by atoms with van der Waals surface area (Å²) in [5.74, 6) is 0. The van der Waals surface area contributed by atoms with Gasteiger partial charge in [0.25, 0.3) is 0 Å². The highest BCUT2D eigenvalue weighted by Crippen LogP contribution is 1.81. The first-order chi connectivity index (χ1) is 5.18. The molecule has 0 nitrogen and oxygen atoms in total. The number of hydrogen-bond donors (Lipinski definition) is 0. The number of allylic oxidation sites excluding steroid dienone is 6. The molecule has 0 saturated carbocycles. The van der Waals surface area contributed by atoms with E-state index in [1.165, 1.54) is 0 Å². The molecule has 0 fully saturated rings. The van der Waals surface area contributed by atoms with Crippen LogP contribution in [0.4, 0.5) is 0 Å². The zero-order chi connectivity index (χ0) is 9.11. The zero-order valence-corrected chi connectivity index (χ0v) is 7.22. The van der Waals surface area contributed by atoms with Crippen molar-refractivity contribution in [1.29, 1.82) is 0 Å². The summed E-state index contributed by atoms with van der Waals surface area (Å²) in [6.45, 7) is 15.9. The van der Waals surface area contributed by atoms with Gasteiger partial charge in [-0.2, -0.15) is 0 Å². The van der Waals surface area contributed by atoms with E-state index in [4.69, 9.17) is 0 Å². The van der Waals surface area contributed by atoms with Gasteiger partial charge in [-0.3, -0.25) is 0 Å². The van der Waals surface area contributed by atoms with Crippen LogP contribution in [0.15, 0.2) is 62.3 Å². The van der Waals surface area contributed by atoms with Crippen LogP contribution in [0.5, 0.6) is 0 Å². The first kappa shape index (κ1) is 12.4. The molecular weight excluding hydrogens is 132 g/mol. The summed E-state index contributed by atoms with van der Waals surface area (Å²) in [7, 11) is 0. The zero-order valence-electron chi connectivity index (χ0n) is 7.22. The van der Waals surface area contributed by atoms with Crippen LogP contribution in [0, 0.1) is 0 Å². The molecule has 0 radical (unpaired) electrons. The first-order valence-electron chi connectivity index (χ1n) is 3.37. The lowest BCUT2D eigenvalue weighted by Gasteiger charge is -1.71. The van der Waals surface area contributed by atoms with Gasteiger partial charge in [-0.1, -0.05) is 62.3 Å². The Balaban J connectivity index is 0. The molecule has 0 aliphatic rings. The molecule has 0 bridgehead atoms. The Morgan fingerprint density at radius 1 is 1.00 bits per heavy atom. The third-order valence-corrected chi connectivity index (χ3v) is 0.732. The van der Waals surface area contributed by atoms with Gasteiger partial charge in [0.1, 0.15) is 0 Å². The van der Waals surface area contributed by atoms with Gasteiger partial charge >= 0.3 is 0 Å². The minimum Gasteiger partial charge on any atom is -0.0991 e. The SMILES string of the molecule is C=CC(=C)C.C=CC=CC=C. The van der Waals surface area contributed by atoms with E-state index in [2.05, 4.69) is 26.3 Å². The van der Waals surface area contributed by atoms with Crippen molar-refractivity contribution >= 4 is 0 Å². The Bertz CT molecular complexity index is 149. The van der Waals surface area contributed by atoms with Crippen LogP contribution in [0.3, 0.4) is 0 Å². The van der Waals surface area contributed by atoms with Crippen molar-refractivity contribution in [1.82, 2.24) is 0 Å². The molecular formula is C11H16. The molecule has 60 valence electrons. The average molecular weight is 148 g/mol. The minimum atomic E-state index is 1.02. The molecule has 0 aliphatic heterocycles. The van der Waals surface area contributed by atoms with Gasteiger partial charge < -0.3 is 0 Å². The molecule has 0 unspecified atom stereocenters. The van der Waals surface area contributed by atoms with Gasteiger partial charge in [0.05, 0.1) is 0 Å². The van der Waals surface area contributed by atoms with Gasteiger partial charge in [0, 0.05) is 0 Å². The van der Waals surface area contributed by atoms with E-state index >= 15 is 0 Å². The molecule has 0 amide bonds. The molecule has 0 aromatic rings. The van der Waals surface area contributed by atoms with Crippen LogP contribution >= 0.6 is 0 Å². The predicted octanol–water partition coefficient (Wildman–Crippen LogP) is 3.66. The first-order valence-corrected chi connectivity index (χ1v) is 3.37. The fourth-order valence-electron chi connectivity index (χ4n) is 0.157. The average Bonchev–Trinajstić information content (AvgIpc) is 2.02. The lowest BCUT2D eigenvalue weighted by molar-refractivity contribution is 1.58. The third-order valence-electron chi connectivity index (χ3n) is 0.732. The van der Waals surface area contributed by atoms with Crippen molar-refractivity contribution in [3.05, 3.63) is 62.3 Å². The second kappa shape index (κ2) is 11.5. The van der Waals surface area contributed by atoms with Crippen molar-refractivity contribution in [2.24, 2.45) is 0 Å². The Hall–Kier alpha value is -1.30. The van der Waals surface area contributed by atoms with Crippen LogP contribution in [0.2, 0.25) is 0 Å². The molecule has 0 aromatic carbocycles. The predicted molar refractivity (Wildman–Crippen MR) is 54.5 cm³/mol. The molecule has 0 heteroatoms. The largest absolute Gasteiger partial charge is 0.0991 e. The summed E-state index contributed by atoms with van der Waals surface area (Å²) in [4.78, 5) is 0. The van der Waals surface area contributed by atoms with E-state index in [9.17, 15) is 0 Å². The molecule has 0 rings (SSSR count). The molecule has 0 aliphatic carbocycles. The van der Waals surface area contributed by atoms with Crippen LogP contribution in [0.1, 0.15) is 6.92 Å². The highest BCUT2D eigenvalue weighted by atomic mass is 13.7. The quantitative estimate of drug-likeness (QED) is 0.536. The summed E-state index contributed by atoms with van der Waals surface area (Å²) < 4.78 is 0. The van der Waals surface area contributed by atoms with E-state index in [0.717, 1.165) is 5.57 Å². The summed E-state index contributed by atoms with van der Waals surface area (Å²) in [6, 6.07) is 0. The van der Waals surface area contributed by atoms with E-state index in [1.807, 2.05) is 19.1 Å². The second-order valence-corrected chi connectivity index (χ2v) is 1.91. The van der Waals surface area contributed by atoms with Crippen molar-refractivity contribution in [2.75, 3.05) is 0 Å². The summed E-state index contributed by atoms with van der Waals surface area (Å²) in [6.07, 6.45) is 8.80. The standard InChI is InChI=1S/C6H8.C5H8/c1-3-5-6-4-2;1-4-5(2)3/h3-6H,1-2H2;4H,1-2H2,3H3. The Morgan fingerprint density at radius 2 is 1.27 bits per heavy atom. The molecule has 0 heterocycles. The maximum atomic E-state index is 3.56. The Morgan fingerprint density at radius 3 is 1.36 bits per heavy atom. The highest BCUT2D eigenvalue weighted by molar-refractivity contribution is 5.06. The number of rotatable bonds is 3. The lowest BCUT2D eigenvalue weighted by atomic mass is 10.4. The molecule has 0 N–H and O–H groups in total. The lowest BCUT2D eigenvalue weighted by Crippen LogP contribution is -1.50. The van der Waals surface area contributed by atoms with E-state index in [0.29, 0.717) is 0 Å². The molecule has 0 aromatic heterocycles. The normalized spacial score (nSPS) is 7.73. The van der Waals surface area contributed by atoms with Crippen molar-refractivity contribution in [3.8, 4) is 0 Å². The molecule has 0 spiro atoms. The van der Waals surface area contributed by atoms with Crippen molar-refractivity contribution < 1.29 is 0 Å². The van der Waals surface area contributed by atoms with Crippen LogP contribution in [0.25, 0.3) is 0 Å². The van der Waals surface area contributed by atoms with E-state index in [1.54, 1.807) is 18.2 Å². The molecule has 0 saturated heterocycles. The fourth-order valence-corrected chi connectivity index (χ4v) is 0.157. The maximum absolute atomic E-state index is 3.56.